The quantitative estimate of drug-likeness (QED) is 0.837. The van der Waals surface area contributed by atoms with Crippen molar-refractivity contribution in [3.05, 3.63) is 17.5 Å². The van der Waals surface area contributed by atoms with Crippen molar-refractivity contribution in [2.75, 3.05) is 4.90 Å². The molecule has 1 heterocycles. The first-order valence-electron chi connectivity index (χ1n) is 5.26. The molecule has 3 nitrogen and oxygen atoms in total. The topological polar surface area (TPSA) is 40.5 Å². The average Bonchev–Trinajstić information content (AvgIpc) is 2.79. The smallest absolute Gasteiger partial charge is 0.412 e. The molecule has 0 aromatic carbocycles. The molecule has 1 amide bonds. The normalized spacial score (nSPS) is 25.4. The van der Waals surface area contributed by atoms with Gasteiger partial charge in [-0.05, 0) is 36.3 Å². The summed E-state index contributed by atoms with van der Waals surface area (Å²) in [7, 11) is 0. The zero-order chi connectivity index (χ0) is 10.8. The molecule has 15 heavy (non-hydrogen) atoms. The van der Waals surface area contributed by atoms with Crippen molar-refractivity contribution in [3.8, 4) is 0 Å². The van der Waals surface area contributed by atoms with Gasteiger partial charge >= 0.3 is 6.09 Å². The number of hydrogen-bond acceptors (Lipinski definition) is 2. The fourth-order valence-corrected chi connectivity index (χ4v) is 3.10. The Labute approximate surface area is 93.3 Å². The molecule has 0 bridgehead atoms. The Balaban J connectivity index is 2.24. The fraction of sp³-hybridized carbons (Fsp3) is 0.545. The fourth-order valence-electron chi connectivity index (χ4n) is 2.32. The number of carbonyl (C=O) groups is 1. The molecule has 82 valence electrons. The molecule has 4 heteroatoms. The van der Waals surface area contributed by atoms with E-state index in [2.05, 4.69) is 6.92 Å². The lowest BCUT2D eigenvalue weighted by atomic mass is 10.1. The van der Waals surface area contributed by atoms with Crippen LogP contribution in [0.25, 0.3) is 0 Å². The van der Waals surface area contributed by atoms with E-state index in [1.165, 1.54) is 11.3 Å². The third-order valence-corrected chi connectivity index (χ3v) is 3.97. The van der Waals surface area contributed by atoms with Crippen LogP contribution in [0.5, 0.6) is 0 Å². The Hall–Kier alpha value is -1.03. The van der Waals surface area contributed by atoms with Crippen molar-refractivity contribution in [2.45, 2.75) is 32.2 Å². The van der Waals surface area contributed by atoms with Gasteiger partial charge in [0.25, 0.3) is 0 Å². The van der Waals surface area contributed by atoms with Gasteiger partial charge in [0.15, 0.2) is 0 Å². The van der Waals surface area contributed by atoms with Gasteiger partial charge in [0.05, 0.1) is 0 Å². The van der Waals surface area contributed by atoms with Gasteiger partial charge in [0.1, 0.15) is 5.00 Å². The van der Waals surface area contributed by atoms with Crippen LogP contribution in [0.3, 0.4) is 0 Å². The van der Waals surface area contributed by atoms with Crippen LogP contribution in [0.4, 0.5) is 9.80 Å². The van der Waals surface area contributed by atoms with Crippen molar-refractivity contribution in [2.24, 2.45) is 5.92 Å². The molecule has 0 saturated heterocycles. The first-order chi connectivity index (χ1) is 7.20. The van der Waals surface area contributed by atoms with Crippen LogP contribution >= 0.6 is 11.3 Å². The highest BCUT2D eigenvalue weighted by Gasteiger charge is 2.33. The van der Waals surface area contributed by atoms with E-state index in [0.29, 0.717) is 5.92 Å². The summed E-state index contributed by atoms with van der Waals surface area (Å²) in [6, 6.07) is 3.94. The van der Waals surface area contributed by atoms with E-state index >= 15 is 0 Å². The van der Waals surface area contributed by atoms with E-state index in [1.54, 1.807) is 4.90 Å². The van der Waals surface area contributed by atoms with Gasteiger partial charge in [0, 0.05) is 6.04 Å². The standard InChI is InChI=1S/C11H15NO2S/c1-8-4-2-5-9(8)12(11(13)14)10-6-3-7-15-10/h3,6-9H,2,4-5H2,1H3,(H,13,14). The second-order valence-corrected chi connectivity index (χ2v) is 5.01. The highest BCUT2D eigenvalue weighted by Crippen LogP contribution is 2.34. The molecule has 1 saturated carbocycles. The van der Waals surface area contributed by atoms with E-state index in [1.807, 2.05) is 17.5 Å². The zero-order valence-corrected chi connectivity index (χ0v) is 9.54. The van der Waals surface area contributed by atoms with Crippen molar-refractivity contribution in [1.82, 2.24) is 0 Å². The predicted octanol–water partition coefficient (Wildman–Crippen LogP) is 3.42. The van der Waals surface area contributed by atoms with Crippen LogP contribution in [0.1, 0.15) is 26.2 Å². The summed E-state index contributed by atoms with van der Waals surface area (Å²) in [5, 5.41) is 12.0. The maximum atomic E-state index is 11.3. The molecule has 0 spiro atoms. The Kier molecular flexibility index (Phi) is 2.95. The third-order valence-electron chi connectivity index (χ3n) is 3.10. The molecule has 1 aliphatic carbocycles. The molecule has 1 fully saturated rings. The number of hydrogen-bond donors (Lipinski definition) is 1. The Morgan fingerprint density at radius 1 is 1.60 bits per heavy atom. The van der Waals surface area contributed by atoms with E-state index in [0.717, 1.165) is 24.3 Å². The van der Waals surface area contributed by atoms with Gasteiger partial charge in [-0.1, -0.05) is 13.3 Å². The number of nitrogens with zero attached hydrogens (tertiary/aromatic N) is 1. The first-order valence-corrected chi connectivity index (χ1v) is 6.14. The largest absolute Gasteiger partial charge is 0.465 e. The van der Waals surface area contributed by atoms with Crippen LogP contribution in [0.2, 0.25) is 0 Å². The Morgan fingerprint density at radius 3 is 2.87 bits per heavy atom. The summed E-state index contributed by atoms with van der Waals surface area (Å²) >= 11 is 1.49. The summed E-state index contributed by atoms with van der Waals surface area (Å²) in [6.07, 6.45) is 2.45. The molecule has 1 aliphatic rings. The summed E-state index contributed by atoms with van der Waals surface area (Å²) in [4.78, 5) is 12.8. The zero-order valence-electron chi connectivity index (χ0n) is 8.72. The second kappa shape index (κ2) is 4.23. The van der Waals surface area contributed by atoms with Gasteiger partial charge < -0.3 is 5.11 Å². The average molecular weight is 225 g/mol. The number of thiophene rings is 1. The number of rotatable bonds is 2. The molecule has 0 radical (unpaired) electrons. The minimum atomic E-state index is -0.823. The van der Waals surface area contributed by atoms with Crippen molar-refractivity contribution >= 4 is 22.4 Å². The lowest BCUT2D eigenvalue weighted by Gasteiger charge is -2.27. The number of anilines is 1. The van der Waals surface area contributed by atoms with Crippen LogP contribution in [0, 0.1) is 5.92 Å². The molecule has 2 rings (SSSR count). The SMILES string of the molecule is CC1CCCC1N(C(=O)O)c1cccs1. The van der Waals surface area contributed by atoms with Gasteiger partial charge in [0.2, 0.25) is 0 Å². The van der Waals surface area contributed by atoms with Gasteiger partial charge in [-0.3, -0.25) is 4.90 Å². The second-order valence-electron chi connectivity index (χ2n) is 4.08. The monoisotopic (exact) mass is 225 g/mol. The van der Waals surface area contributed by atoms with E-state index in [4.69, 9.17) is 0 Å². The molecular weight excluding hydrogens is 210 g/mol. The van der Waals surface area contributed by atoms with Crippen LogP contribution in [-0.4, -0.2) is 17.2 Å². The van der Waals surface area contributed by atoms with Crippen molar-refractivity contribution in [1.29, 1.82) is 0 Å². The molecule has 2 unspecified atom stereocenters. The lowest BCUT2D eigenvalue weighted by Crippen LogP contribution is -2.40. The van der Waals surface area contributed by atoms with Gasteiger partial charge in [-0.2, -0.15) is 0 Å². The Morgan fingerprint density at radius 2 is 2.40 bits per heavy atom. The third kappa shape index (κ3) is 2.00. The molecular formula is C11H15NO2S. The highest BCUT2D eigenvalue weighted by molar-refractivity contribution is 7.14. The van der Waals surface area contributed by atoms with E-state index < -0.39 is 6.09 Å². The summed E-state index contributed by atoms with van der Waals surface area (Å²) in [5.41, 5.74) is 0. The van der Waals surface area contributed by atoms with E-state index in [-0.39, 0.29) is 6.04 Å². The van der Waals surface area contributed by atoms with Gasteiger partial charge in [-0.25, -0.2) is 4.79 Å². The van der Waals surface area contributed by atoms with Crippen molar-refractivity contribution in [3.63, 3.8) is 0 Å². The first kappa shape index (κ1) is 10.5. The maximum absolute atomic E-state index is 11.3. The summed E-state index contributed by atoms with van der Waals surface area (Å²) in [6.45, 7) is 2.14. The van der Waals surface area contributed by atoms with Crippen LogP contribution < -0.4 is 4.90 Å². The molecule has 1 aromatic heterocycles. The lowest BCUT2D eigenvalue weighted by molar-refractivity contribution is 0.197. The van der Waals surface area contributed by atoms with E-state index in [9.17, 15) is 9.90 Å². The van der Waals surface area contributed by atoms with Crippen molar-refractivity contribution < 1.29 is 9.90 Å². The minimum absolute atomic E-state index is 0.168. The molecule has 2 atom stereocenters. The molecule has 0 aliphatic heterocycles. The molecule has 1 aromatic rings. The maximum Gasteiger partial charge on any atom is 0.412 e. The van der Waals surface area contributed by atoms with Crippen LogP contribution in [-0.2, 0) is 0 Å². The Bertz CT molecular complexity index is 336. The van der Waals surface area contributed by atoms with Crippen LogP contribution in [0.15, 0.2) is 17.5 Å². The number of carboxylic acid groups (broad SMARTS) is 1. The van der Waals surface area contributed by atoms with Gasteiger partial charge in [-0.15, -0.1) is 11.3 Å². The minimum Gasteiger partial charge on any atom is -0.465 e. The summed E-state index contributed by atoms with van der Waals surface area (Å²) in [5.74, 6) is 0.475. The molecule has 1 N–H and O–H groups in total. The predicted molar refractivity (Wildman–Crippen MR) is 61.6 cm³/mol. The summed E-state index contributed by atoms with van der Waals surface area (Å²) < 4.78 is 0. The highest BCUT2D eigenvalue weighted by atomic mass is 32.1. The number of amides is 1.